The average Bonchev–Trinajstić information content (AvgIpc) is 2.17. The van der Waals surface area contributed by atoms with Crippen LogP contribution in [0.15, 0.2) is 28.7 Å². The van der Waals surface area contributed by atoms with Crippen LogP contribution in [-0.4, -0.2) is 21.7 Å². The molecule has 0 saturated heterocycles. The molecule has 0 saturated carbocycles. The average molecular weight is 336 g/mol. The molecule has 1 aromatic carbocycles. The lowest BCUT2D eigenvalue weighted by atomic mass is 10.1. The standard InChI is InChI=1S/C10H8Br2O3/c11-7-3-1-6(2-4-7)10(15)8(12)5-9(13)14/h1-4,8H,5H2,(H,13,14)/t8-/m1/s1. The van der Waals surface area contributed by atoms with Gasteiger partial charge in [-0.1, -0.05) is 44.0 Å². The highest BCUT2D eigenvalue weighted by Crippen LogP contribution is 2.16. The van der Waals surface area contributed by atoms with Crippen LogP contribution in [0.25, 0.3) is 0 Å². The fourth-order valence-corrected chi connectivity index (χ4v) is 1.85. The van der Waals surface area contributed by atoms with Crippen LogP contribution in [0.4, 0.5) is 0 Å². The fraction of sp³-hybridized carbons (Fsp3) is 0.200. The van der Waals surface area contributed by atoms with Crippen LogP contribution >= 0.6 is 31.9 Å². The highest BCUT2D eigenvalue weighted by atomic mass is 79.9. The molecule has 0 aliphatic carbocycles. The highest BCUT2D eigenvalue weighted by molar-refractivity contribution is 9.10. The molecule has 0 unspecified atom stereocenters. The zero-order chi connectivity index (χ0) is 11.4. The van der Waals surface area contributed by atoms with Crippen LogP contribution in [0.5, 0.6) is 0 Å². The second-order valence-electron chi connectivity index (χ2n) is 2.94. The van der Waals surface area contributed by atoms with Crippen molar-refractivity contribution < 1.29 is 14.7 Å². The molecule has 1 aromatic rings. The minimum absolute atomic E-state index is 0.213. The van der Waals surface area contributed by atoms with Gasteiger partial charge in [0.1, 0.15) is 0 Å². The maximum atomic E-state index is 11.7. The van der Waals surface area contributed by atoms with Crippen LogP contribution in [0, 0.1) is 0 Å². The SMILES string of the molecule is O=C(O)C[C@@H](Br)C(=O)c1ccc(Br)cc1. The number of ketones is 1. The van der Waals surface area contributed by atoms with Crippen molar-refractivity contribution in [2.45, 2.75) is 11.2 Å². The second-order valence-corrected chi connectivity index (χ2v) is 4.96. The van der Waals surface area contributed by atoms with E-state index in [1.54, 1.807) is 24.3 Å². The first-order valence-corrected chi connectivity index (χ1v) is 5.87. The molecule has 0 bridgehead atoms. The van der Waals surface area contributed by atoms with Gasteiger partial charge in [0.2, 0.25) is 0 Å². The van der Waals surface area contributed by atoms with E-state index in [-0.39, 0.29) is 12.2 Å². The maximum absolute atomic E-state index is 11.7. The van der Waals surface area contributed by atoms with Gasteiger partial charge in [0, 0.05) is 10.0 Å². The summed E-state index contributed by atoms with van der Waals surface area (Å²) in [6.45, 7) is 0. The lowest BCUT2D eigenvalue weighted by Crippen LogP contribution is -2.18. The van der Waals surface area contributed by atoms with Gasteiger partial charge in [0.05, 0.1) is 11.2 Å². The molecule has 0 fully saturated rings. The van der Waals surface area contributed by atoms with Crippen molar-refractivity contribution >= 4 is 43.6 Å². The zero-order valence-corrected chi connectivity index (χ0v) is 10.8. The van der Waals surface area contributed by atoms with Crippen molar-refractivity contribution in [1.82, 2.24) is 0 Å². The van der Waals surface area contributed by atoms with E-state index in [4.69, 9.17) is 5.11 Å². The van der Waals surface area contributed by atoms with Crippen LogP contribution in [-0.2, 0) is 4.79 Å². The molecular weight excluding hydrogens is 328 g/mol. The van der Waals surface area contributed by atoms with E-state index in [9.17, 15) is 9.59 Å². The highest BCUT2D eigenvalue weighted by Gasteiger charge is 2.19. The summed E-state index contributed by atoms with van der Waals surface area (Å²) < 4.78 is 0.878. The molecule has 15 heavy (non-hydrogen) atoms. The molecule has 1 N–H and O–H groups in total. The summed E-state index contributed by atoms with van der Waals surface area (Å²) >= 11 is 6.31. The first kappa shape index (κ1) is 12.4. The van der Waals surface area contributed by atoms with Gasteiger partial charge in [-0.2, -0.15) is 0 Å². The summed E-state index contributed by atoms with van der Waals surface area (Å²) in [6.07, 6.45) is -0.213. The molecule has 0 radical (unpaired) electrons. The zero-order valence-electron chi connectivity index (χ0n) is 7.61. The minimum Gasteiger partial charge on any atom is -0.481 e. The summed E-state index contributed by atoms with van der Waals surface area (Å²) in [6, 6.07) is 6.80. The van der Waals surface area contributed by atoms with Gasteiger partial charge in [0.25, 0.3) is 0 Å². The molecule has 5 heteroatoms. The smallest absolute Gasteiger partial charge is 0.304 e. The Kier molecular flexibility index (Phi) is 4.47. The predicted octanol–water partition coefficient (Wildman–Crippen LogP) is 2.87. The quantitative estimate of drug-likeness (QED) is 0.680. The second kappa shape index (κ2) is 5.42. The molecule has 0 aliphatic heterocycles. The molecule has 0 aromatic heterocycles. The molecule has 1 atom stereocenters. The predicted molar refractivity (Wildman–Crippen MR) is 63.4 cm³/mol. The number of carbonyl (C=O) groups is 2. The van der Waals surface area contributed by atoms with Gasteiger partial charge >= 0.3 is 5.97 Å². The number of benzene rings is 1. The Morgan fingerprint density at radius 3 is 2.27 bits per heavy atom. The van der Waals surface area contributed by atoms with E-state index in [1.165, 1.54) is 0 Å². The summed E-state index contributed by atoms with van der Waals surface area (Å²) in [5.74, 6) is -1.22. The number of carboxylic acid groups (broad SMARTS) is 1. The van der Waals surface area contributed by atoms with Crippen molar-refractivity contribution in [1.29, 1.82) is 0 Å². The van der Waals surface area contributed by atoms with Gasteiger partial charge < -0.3 is 5.11 Å². The van der Waals surface area contributed by atoms with Crippen LogP contribution < -0.4 is 0 Å². The largest absolute Gasteiger partial charge is 0.481 e. The van der Waals surface area contributed by atoms with Crippen molar-refractivity contribution in [2.75, 3.05) is 0 Å². The van der Waals surface area contributed by atoms with E-state index in [1.807, 2.05) is 0 Å². The number of hydrogen-bond acceptors (Lipinski definition) is 2. The normalized spacial score (nSPS) is 12.1. The lowest BCUT2D eigenvalue weighted by Gasteiger charge is -2.05. The van der Waals surface area contributed by atoms with Crippen molar-refractivity contribution in [2.24, 2.45) is 0 Å². The summed E-state index contributed by atoms with van der Waals surface area (Å²) in [4.78, 5) is 21.4. The van der Waals surface area contributed by atoms with E-state index < -0.39 is 10.8 Å². The third-order valence-electron chi connectivity index (χ3n) is 1.77. The van der Waals surface area contributed by atoms with Gasteiger partial charge in [0.15, 0.2) is 5.78 Å². The van der Waals surface area contributed by atoms with Crippen LogP contribution in [0.2, 0.25) is 0 Å². The Bertz CT molecular complexity index is 373. The molecule has 0 aliphatic rings. The number of rotatable bonds is 4. The van der Waals surface area contributed by atoms with Crippen molar-refractivity contribution in [3.63, 3.8) is 0 Å². The summed E-state index contributed by atoms with van der Waals surface area (Å²) in [7, 11) is 0. The van der Waals surface area contributed by atoms with Crippen molar-refractivity contribution in [3.8, 4) is 0 Å². The Labute approximate surface area is 104 Å². The monoisotopic (exact) mass is 334 g/mol. The number of aliphatic carboxylic acids is 1. The lowest BCUT2D eigenvalue weighted by molar-refractivity contribution is -0.136. The topological polar surface area (TPSA) is 54.4 Å². The Morgan fingerprint density at radius 2 is 1.80 bits per heavy atom. The molecule has 0 amide bonds. The molecule has 0 spiro atoms. The number of Topliss-reactive ketones (excluding diaryl/α,β-unsaturated/α-hetero) is 1. The van der Waals surface area contributed by atoms with Gasteiger partial charge in [-0.05, 0) is 12.1 Å². The van der Waals surface area contributed by atoms with Crippen LogP contribution in [0.3, 0.4) is 0 Å². The first-order chi connectivity index (χ1) is 7.00. The molecule has 0 heterocycles. The van der Waals surface area contributed by atoms with E-state index in [0.717, 1.165) is 4.47 Å². The Morgan fingerprint density at radius 1 is 1.27 bits per heavy atom. The van der Waals surface area contributed by atoms with Crippen LogP contribution in [0.1, 0.15) is 16.8 Å². The molecule has 3 nitrogen and oxygen atoms in total. The first-order valence-electron chi connectivity index (χ1n) is 4.16. The number of alkyl halides is 1. The van der Waals surface area contributed by atoms with E-state index in [2.05, 4.69) is 31.9 Å². The molecule has 1 rings (SSSR count). The maximum Gasteiger partial charge on any atom is 0.304 e. The molecular formula is C10H8Br2O3. The van der Waals surface area contributed by atoms with E-state index >= 15 is 0 Å². The number of carboxylic acids is 1. The van der Waals surface area contributed by atoms with Gasteiger partial charge in [-0.3, -0.25) is 9.59 Å². The third kappa shape index (κ3) is 3.76. The Balaban J connectivity index is 2.76. The summed E-state index contributed by atoms with van der Waals surface area (Å²) in [5.41, 5.74) is 0.501. The van der Waals surface area contributed by atoms with Crippen molar-refractivity contribution in [3.05, 3.63) is 34.3 Å². The third-order valence-corrected chi connectivity index (χ3v) is 3.04. The number of hydrogen-bond donors (Lipinski definition) is 1. The van der Waals surface area contributed by atoms with E-state index in [0.29, 0.717) is 5.56 Å². The summed E-state index contributed by atoms with van der Waals surface area (Å²) in [5, 5.41) is 8.53. The number of halogens is 2. The fourth-order valence-electron chi connectivity index (χ4n) is 1.04. The minimum atomic E-state index is -0.998. The van der Waals surface area contributed by atoms with Gasteiger partial charge in [-0.15, -0.1) is 0 Å². The van der Waals surface area contributed by atoms with Gasteiger partial charge in [-0.25, -0.2) is 0 Å². The number of carbonyl (C=O) groups excluding carboxylic acids is 1. The molecule has 80 valence electrons. The Hall–Kier alpha value is -0.680.